The van der Waals surface area contributed by atoms with Crippen LogP contribution in [0.4, 0.5) is 4.39 Å². The van der Waals surface area contributed by atoms with Gasteiger partial charge < -0.3 is 10.4 Å². The summed E-state index contributed by atoms with van der Waals surface area (Å²) in [7, 11) is 0. The fourth-order valence-corrected chi connectivity index (χ4v) is 3.53. The summed E-state index contributed by atoms with van der Waals surface area (Å²) in [6.07, 6.45) is 3.67. The Bertz CT molecular complexity index is 797. The summed E-state index contributed by atoms with van der Waals surface area (Å²) in [5.74, 6) is -1.34. The smallest absolute Gasteiger partial charge is 0.335 e. The number of amides is 1. The molecule has 136 valence electrons. The molecule has 0 atom stereocenters. The van der Waals surface area contributed by atoms with Crippen molar-refractivity contribution in [2.75, 3.05) is 6.54 Å². The van der Waals surface area contributed by atoms with Crippen molar-refractivity contribution in [1.82, 2.24) is 5.32 Å². The second kappa shape index (κ2) is 7.68. The first-order valence-electron chi connectivity index (χ1n) is 8.84. The summed E-state index contributed by atoms with van der Waals surface area (Å²) in [6, 6.07) is 13.2. The zero-order valence-corrected chi connectivity index (χ0v) is 14.5. The minimum absolute atomic E-state index is 0.0985. The average Bonchev–Trinajstić information content (AvgIpc) is 2.60. The molecule has 0 bridgehead atoms. The highest BCUT2D eigenvalue weighted by molar-refractivity contribution is 5.89. The van der Waals surface area contributed by atoms with Crippen LogP contribution in [0.25, 0.3) is 0 Å². The molecule has 1 amide bonds. The fraction of sp³-hybridized carbons (Fsp3) is 0.333. The SMILES string of the molecule is O=C(CCc1ccccc1C(=O)O)NCC1(c2ccc(F)cc2)CCC1. The van der Waals surface area contributed by atoms with Gasteiger partial charge >= 0.3 is 5.97 Å². The molecular formula is C21H22FNO3. The number of nitrogens with one attached hydrogen (secondary N) is 1. The van der Waals surface area contributed by atoms with Crippen LogP contribution in [0.3, 0.4) is 0 Å². The van der Waals surface area contributed by atoms with Crippen LogP contribution in [-0.2, 0) is 16.6 Å². The van der Waals surface area contributed by atoms with Gasteiger partial charge in [-0.25, -0.2) is 9.18 Å². The van der Waals surface area contributed by atoms with Gasteiger partial charge in [-0.15, -0.1) is 0 Å². The van der Waals surface area contributed by atoms with E-state index in [-0.39, 0.29) is 29.1 Å². The molecule has 0 heterocycles. The van der Waals surface area contributed by atoms with Gasteiger partial charge in [0.25, 0.3) is 0 Å². The van der Waals surface area contributed by atoms with Crippen molar-refractivity contribution in [3.05, 3.63) is 71.0 Å². The van der Waals surface area contributed by atoms with Crippen LogP contribution in [0.1, 0.15) is 47.2 Å². The lowest BCUT2D eigenvalue weighted by molar-refractivity contribution is -0.121. The van der Waals surface area contributed by atoms with Crippen molar-refractivity contribution < 1.29 is 19.1 Å². The predicted molar refractivity (Wildman–Crippen MR) is 96.7 cm³/mol. The molecule has 1 fully saturated rings. The van der Waals surface area contributed by atoms with E-state index in [4.69, 9.17) is 0 Å². The molecule has 1 aliphatic carbocycles. The highest BCUT2D eigenvalue weighted by Crippen LogP contribution is 2.43. The van der Waals surface area contributed by atoms with Gasteiger partial charge in [0.1, 0.15) is 5.82 Å². The molecule has 0 aliphatic heterocycles. The summed E-state index contributed by atoms with van der Waals surface area (Å²) in [4.78, 5) is 23.5. The predicted octanol–water partition coefficient (Wildman–Crippen LogP) is 3.69. The first kappa shape index (κ1) is 18.1. The minimum Gasteiger partial charge on any atom is -0.478 e. The summed E-state index contributed by atoms with van der Waals surface area (Å²) in [5.41, 5.74) is 1.85. The summed E-state index contributed by atoms with van der Waals surface area (Å²) < 4.78 is 13.2. The van der Waals surface area contributed by atoms with Crippen molar-refractivity contribution in [3.8, 4) is 0 Å². The van der Waals surface area contributed by atoms with Gasteiger partial charge in [-0.3, -0.25) is 4.79 Å². The standard InChI is InChI=1S/C21H22FNO3/c22-17-9-7-16(8-10-17)21(12-3-13-21)14-23-19(24)11-6-15-4-1-2-5-18(15)20(25)26/h1-2,4-5,7-10H,3,6,11-14H2,(H,23,24)(H,25,26). The number of halogens is 1. The molecule has 1 aliphatic rings. The Morgan fingerprint density at radius 3 is 2.38 bits per heavy atom. The van der Waals surface area contributed by atoms with Crippen LogP contribution in [-0.4, -0.2) is 23.5 Å². The van der Waals surface area contributed by atoms with Gasteiger partial charge in [0.15, 0.2) is 0 Å². The quantitative estimate of drug-likeness (QED) is 0.796. The van der Waals surface area contributed by atoms with Crippen molar-refractivity contribution in [1.29, 1.82) is 0 Å². The minimum atomic E-state index is -0.981. The van der Waals surface area contributed by atoms with Crippen LogP contribution in [0, 0.1) is 5.82 Å². The Hall–Kier alpha value is -2.69. The highest BCUT2D eigenvalue weighted by atomic mass is 19.1. The summed E-state index contributed by atoms with van der Waals surface area (Å²) >= 11 is 0. The first-order chi connectivity index (χ1) is 12.5. The Labute approximate surface area is 152 Å². The lowest BCUT2D eigenvalue weighted by Crippen LogP contribution is -2.45. The molecule has 26 heavy (non-hydrogen) atoms. The third kappa shape index (κ3) is 3.93. The Kier molecular flexibility index (Phi) is 5.35. The van der Waals surface area contributed by atoms with Crippen molar-refractivity contribution in [2.45, 2.75) is 37.5 Å². The molecule has 1 saturated carbocycles. The van der Waals surface area contributed by atoms with Gasteiger partial charge in [-0.05, 0) is 48.6 Å². The topological polar surface area (TPSA) is 66.4 Å². The average molecular weight is 355 g/mol. The van der Waals surface area contributed by atoms with Crippen molar-refractivity contribution in [2.24, 2.45) is 0 Å². The number of rotatable bonds is 7. The molecule has 4 nitrogen and oxygen atoms in total. The maximum absolute atomic E-state index is 13.2. The van der Waals surface area contributed by atoms with Gasteiger partial charge in [-0.2, -0.15) is 0 Å². The van der Waals surface area contributed by atoms with E-state index in [1.54, 1.807) is 36.4 Å². The number of hydrogen-bond acceptors (Lipinski definition) is 2. The van der Waals surface area contributed by atoms with Crippen LogP contribution >= 0.6 is 0 Å². The number of hydrogen-bond donors (Lipinski definition) is 2. The van der Waals surface area contributed by atoms with Gasteiger partial charge in [0.2, 0.25) is 5.91 Å². The Balaban J connectivity index is 1.57. The maximum Gasteiger partial charge on any atom is 0.335 e. The number of benzene rings is 2. The molecule has 2 aromatic carbocycles. The maximum atomic E-state index is 13.2. The zero-order chi connectivity index (χ0) is 18.6. The van der Waals surface area contributed by atoms with E-state index >= 15 is 0 Å². The number of carbonyl (C=O) groups excluding carboxylic acids is 1. The lowest BCUT2D eigenvalue weighted by atomic mass is 9.64. The van der Waals surface area contributed by atoms with E-state index in [0.717, 1.165) is 24.8 Å². The molecule has 0 radical (unpaired) electrons. The molecule has 3 rings (SSSR count). The van der Waals surface area contributed by atoms with E-state index in [2.05, 4.69) is 5.32 Å². The Morgan fingerprint density at radius 2 is 1.77 bits per heavy atom. The second-order valence-electron chi connectivity index (χ2n) is 6.88. The highest BCUT2D eigenvalue weighted by Gasteiger charge is 2.38. The van der Waals surface area contributed by atoms with E-state index in [9.17, 15) is 19.1 Å². The number of carbonyl (C=O) groups is 2. The van der Waals surface area contributed by atoms with Crippen LogP contribution in [0.2, 0.25) is 0 Å². The zero-order valence-electron chi connectivity index (χ0n) is 14.5. The summed E-state index contributed by atoms with van der Waals surface area (Å²) in [5, 5.41) is 12.2. The number of carboxylic acid groups (broad SMARTS) is 1. The van der Waals surface area contributed by atoms with Crippen molar-refractivity contribution in [3.63, 3.8) is 0 Å². The number of aromatic carboxylic acids is 1. The number of aryl methyl sites for hydroxylation is 1. The molecule has 2 aromatic rings. The van der Waals surface area contributed by atoms with Crippen LogP contribution in [0.5, 0.6) is 0 Å². The fourth-order valence-electron chi connectivity index (χ4n) is 3.53. The van der Waals surface area contributed by atoms with E-state index < -0.39 is 5.97 Å². The largest absolute Gasteiger partial charge is 0.478 e. The van der Waals surface area contributed by atoms with Gasteiger partial charge in [-0.1, -0.05) is 36.8 Å². The third-order valence-corrected chi connectivity index (χ3v) is 5.26. The normalized spacial score (nSPS) is 15.1. The molecule has 0 unspecified atom stereocenters. The molecule has 5 heteroatoms. The van der Waals surface area contributed by atoms with E-state index in [0.29, 0.717) is 18.5 Å². The van der Waals surface area contributed by atoms with Crippen LogP contribution < -0.4 is 5.32 Å². The molecule has 0 saturated heterocycles. The first-order valence-corrected chi connectivity index (χ1v) is 8.84. The van der Waals surface area contributed by atoms with E-state index in [1.165, 1.54) is 12.1 Å². The van der Waals surface area contributed by atoms with E-state index in [1.807, 2.05) is 0 Å². The van der Waals surface area contributed by atoms with Gasteiger partial charge in [0, 0.05) is 18.4 Å². The number of carboxylic acids is 1. The second-order valence-corrected chi connectivity index (χ2v) is 6.88. The molecule has 0 spiro atoms. The van der Waals surface area contributed by atoms with Crippen molar-refractivity contribution >= 4 is 11.9 Å². The third-order valence-electron chi connectivity index (χ3n) is 5.26. The Morgan fingerprint density at radius 1 is 1.08 bits per heavy atom. The lowest BCUT2D eigenvalue weighted by Gasteiger charge is -2.42. The van der Waals surface area contributed by atoms with Gasteiger partial charge in [0.05, 0.1) is 5.56 Å². The van der Waals surface area contributed by atoms with Crippen LogP contribution in [0.15, 0.2) is 48.5 Å². The summed E-state index contributed by atoms with van der Waals surface area (Å²) in [6.45, 7) is 0.526. The molecule has 0 aromatic heterocycles. The monoisotopic (exact) mass is 355 g/mol. The molecule has 2 N–H and O–H groups in total. The molecular weight excluding hydrogens is 333 g/mol.